The molecule has 1 aromatic rings. The van der Waals surface area contributed by atoms with Crippen molar-refractivity contribution in [3.8, 4) is 0 Å². The van der Waals surface area contributed by atoms with Crippen molar-refractivity contribution in [2.45, 2.75) is 6.42 Å². The maximum Gasteiger partial charge on any atom is 0.338 e. The molecule has 0 aliphatic heterocycles. The van der Waals surface area contributed by atoms with Crippen LogP contribution in [0.25, 0.3) is 0 Å². The molecule has 0 saturated heterocycles. The van der Waals surface area contributed by atoms with Crippen molar-refractivity contribution >= 4 is 11.7 Å². The summed E-state index contributed by atoms with van der Waals surface area (Å²) in [7, 11) is 1.23. The summed E-state index contributed by atoms with van der Waals surface area (Å²) in [6, 6.07) is 4.14. The molecule has 2 N–H and O–H groups in total. The molecule has 0 bridgehead atoms. The zero-order valence-corrected chi connectivity index (χ0v) is 8.80. The van der Waals surface area contributed by atoms with Crippen LogP contribution in [-0.4, -0.2) is 24.5 Å². The highest BCUT2D eigenvalue weighted by Crippen LogP contribution is 2.18. The number of ether oxygens (including phenoxy) is 1. The number of carbonyl (C=O) groups excluding carboxylic acids is 1. The van der Waals surface area contributed by atoms with Gasteiger partial charge in [0.05, 0.1) is 17.6 Å². The van der Waals surface area contributed by atoms with E-state index < -0.39 is 10.9 Å². The van der Waals surface area contributed by atoms with Gasteiger partial charge in [0.1, 0.15) is 0 Å². The topological polar surface area (TPSA) is 95.5 Å². The first-order valence-corrected chi connectivity index (χ1v) is 4.65. The first-order chi connectivity index (χ1) is 7.58. The highest BCUT2D eigenvalue weighted by atomic mass is 16.6. The third kappa shape index (κ3) is 2.77. The van der Waals surface area contributed by atoms with Gasteiger partial charge in [0.25, 0.3) is 5.69 Å². The maximum atomic E-state index is 11.3. The number of hydrogen-bond acceptors (Lipinski definition) is 5. The van der Waals surface area contributed by atoms with Crippen LogP contribution in [0.5, 0.6) is 0 Å². The third-order valence-corrected chi connectivity index (χ3v) is 2.04. The van der Waals surface area contributed by atoms with Gasteiger partial charge in [-0.3, -0.25) is 10.1 Å². The van der Waals surface area contributed by atoms with Crippen molar-refractivity contribution < 1.29 is 14.5 Å². The van der Waals surface area contributed by atoms with Gasteiger partial charge in [0, 0.05) is 12.1 Å². The highest BCUT2D eigenvalue weighted by molar-refractivity contribution is 5.90. The third-order valence-electron chi connectivity index (χ3n) is 2.04. The lowest BCUT2D eigenvalue weighted by Gasteiger charge is -2.03. The molecule has 0 heterocycles. The molecule has 0 spiro atoms. The number of non-ortho nitro benzene ring substituents is 1. The van der Waals surface area contributed by atoms with Gasteiger partial charge in [0.2, 0.25) is 0 Å². The minimum atomic E-state index is -0.595. The molecule has 0 unspecified atom stereocenters. The van der Waals surface area contributed by atoms with E-state index in [0.29, 0.717) is 18.5 Å². The maximum absolute atomic E-state index is 11.3. The number of benzene rings is 1. The quantitative estimate of drug-likeness (QED) is 0.465. The molecule has 86 valence electrons. The predicted molar refractivity (Wildman–Crippen MR) is 57.2 cm³/mol. The summed E-state index contributed by atoms with van der Waals surface area (Å²) in [5.41, 5.74) is 6.04. The number of nitro benzene ring substituents is 1. The summed E-state index contributed by atoms with van der Waals surface area (Å²) in [5, 5.41) is 10.6. The monoisotopic (exact) mass is 224 g/mol. The Bertz CT molecular complexity index is 417. The van der Waals surface area contributed by atoms with Crippen molar-refractivity contribution in [2.24, 2.45) is 5.73 Å². The van der Waals surface area contributed by atoms with Gasteiger partial charge in [-0.05, 0) is 24.6 Å². The lowest BCUT2D eigenvalue weighted by molar-refractivity contribution is -0.384. The van der Waals surface area contributed by atoms with Gasteiger partial charge in [-0.1, -0.05) is 0 Å². The fraction of sp³-hybridized carbons (Fsp3) is 0.300. The van der Waals surface area contributed by atoms with Gasteiger partial charge < -0.3 is 10.5 Å². The van der Waals surface area contributed by atoms with Crippen molar-refractivity contribution in [2.75, 3.05) is 13.7 Å². The molecular weight excluding hydrogens is 212 g/mol. The van der Waals surface area contributed by atoms with Crippen molar-refractivity contribution in [3.63, 3.8) is 0 Å². The number of hydrogen-bond donors (Lipinski definition) is 1. The second-order valence-electron chi connectivity index (χ2n) is 3.18. The van der Waals surface area contributed by atoms with Crippen LogP contribution in [0.1, 0.15) is 15.9 Å². The standard InChI is InChI=1S/C10H12N2O4/c1-16-10(13)8-4-7(2-3-11)5-9(6-8)12(14)15/h4-6H,2-3,11H2,1H3. The average molecular weight is 224 g/mol. The fourth-order valence-corrected chi connectivity index (χ4v) is 1.33. The van der Waals surface area contributed by atoms with Crippen LogP contribution in [0.15, 0.2) is 18.2 Å². The van der Waals surface area contributed by atoms with Crippen LogP contribution in [-0.2, 0) is 11.2 Å². The summed E-state index contributed by atoms with van der Waals surface area (Å²) < 4.78 is 4.51. The van der Waals surface area contributed by atoms with Crippen LogP contribution < -0.4 is 5.73 Å². The number of rotatable bonds is 4. The molecule has 6 nitrogen and oxygen atoms in total. The highest BCUT2D eigenvalue weighted by Gasteiger charge is 2.14. The van der Waals surface area contributed by atoms with E-state index in [9.17, 15) is 14.9 Å². The van der Waals surface area contributed by atoms with E-state index in [0.717, 1.165) is 0 Å². The molecule has 0 saturated carbocycles. The van der Waals surface area contributed by atoms with Crippen LogP contribution in [0, 0.1) is 10.1 Å². The minimum absolute atomic E-state index is 0.133. The predicted octanol–water partition coefficient (Wildman–Crippen LogP) is 0.883. The second-order valence-corrected chi connectivity index (χ2v) is 3.18. The molecule has 0 amide bonds. The normalized spacial score (nSPS) is 9.88. The van der Waals surface area contributed by atoms with Gasteiger partial charge in [-0.2, -0.15) is 0 Å². The van der Waals surface area contributed by atoms with Crippen LogP contribution in [0.4, 0.5) is 5.69 Å². The average Bonchev–Trinajstić information content (AvgIpc) is 2.28. The molecule has 0 aliphatic carbocycles. The van der Waals surface area contributed by atoms with Crippen LogP contribution >= 0.6 is 0 Å². The molecule has 0 aliphatic rings. The number of nitrogens with zero attached hydrogens (tertiary/aromatic N) is 1. The number of esters is 1. The lowest BCUT2D eigenvalue weighted by Crippen LogP contribution is -2.07. The van der Waals surface area contributed by atoms with E-state index in [4.69, 9.17) is 5.73 Å². The largest absolute Gasteiger partial charge is 0.465 e. The Morgan fingerprint density at radius 2 is 2.19 bits per heavy atom. The Kier molecular flexibility index (Phi) is 3.96. The summed E-state index contributed by atoms with van der Waals surface area (Å²) in [6.45, 7) is 0.363. The number of nitrogens with two attached hydrogens (primary N) is 1. The smallest absolute Gasteiger partial charge is 0.338 e. The first kappa shape index (κ1) is 12.1. The van der Waals surface area contributed by atoms with E-state index in [-0.39, 0.29) is 11.3 Å². The summed E-state index contributed by atoms with van der Waals surface area (Å²) in [4.78, 5) is 21.4. The Hall–Kier alpha value is -1.95. The zero-order chi connectivity index (χ0) is 12.1. The first-order valence-electron chi connectivity index (χ1n) is 4.65. The Labute approximate surface area is 92.2 Å². The van der Waals surface area contributed by atoms with Gasteiger partial charge in [-0.25, -0.2) is 4.79 Å². The Balaban J connectivity index is 3.18. The van der Waals surface area contributed by atoms with Gasteiger partial charge in [0.15, 0.2) is 0 Å². The molecule has 1 rings (SSSR count). The number of nitro groups is 1. The van der Waals surface area contributed by atoms with E-state index in [1.807, 2.05) is 0 Å². The zero-order valence-electron chi connectivity index (χ0n) is 8.80. The Morgan fingerprint density at radius 3 is 2.69 bits per heavy atom. The molecule has 0 atom stereocenters. The van der Waals surface area contributed by atoms with E-state index >= 15 is 0 Å². The molecular formula is C10H12N2O4. The summed E-state index contributed by atoms with van der Waals surface area (Å²) in [6.07, 6.45) is 0.478. The molecule has 16 heavy (non-hydrogen) atoms. The molecule has 0 aromatic heterocycles. The van der Waals surface area contributed by atoms with Crippen molar-refractivity contribution in [1.82, 2.24) is 0 Å². The van der Waals surface area contributed by atoms with Crippen LogP contribution in [0.3, 0.4) is 0 Å². The molecule has 1 aromatic carbocycles. The molecule has 0 fully saturated rings. The second kappa shape index (κ2) is 5.22. The van der Waals surface area contributed by atoms with E-state index in [1.54, 1.807) is 6.07 Å². The van der Waals surface area contributed by atoms with Crippen LogP contribution in [0.2, 0.25) is 0 Å². The van der Waals surface area contributed by atoms with Gasteiger partial charge in [-0.15, -0.1) is 0 Å². The number of carbonyl (C=O) groups is 1. The fourth-order valence-electron chi connectivity index (χ4n) is 1.33. The van der Waals surface area contributed by atoms with Crippen molar-refractivity contribution in [1.29, 1.82) is 0 Å². The van der Waals surface area contributed by atoms with E-state index in [2.05, 4.69) is 4.74 Å². The Morgan fingerprint density at radius 1 is 1.50 bits per heavy atom. The summed E-state index contributed by atoms with van der Waals surface area (Å²) >= 11 is 0. The molecule has 6 heteroatoms. The van der Waals surface area contributed by atoms with Gasteiger partial charge >= 0.3 is 5.97 Å². The summed E-state index contributed by atoms with van der Waals surface area (Å²) in [5.74, 6) is -0.595. The van der Waals surface area contributed by atoms with Crippen molar-refractivity contribution in [3.05, 3.63) is 39.4 Å². The van der Waals surface area contributed by atoms with E-state index in [1.165, 1.54) is 19.2 Å². The SMILES string of the molecule is COC(=O)c1cc(CCN)cc([N+](=O)[O-])c1. The lowest BCUT2D eigenvalue weighted by atomic mass is 10.1. The molecule has 0 radical (unpaired) electrons. The minimum Gasteiger partial charge on any atom is -0.465 e. The number of methoxy groups -OCH3 is 1.